The zero-order valence-electron chi connectivity index (χ0n) is 32.1. The SMILES string of the molecule is CCCCCCCCCCCC(=O)NC(CCCCN)C(=O)NC(CCCCN)C(=O)NCCCCCCCC(=O)NC(CCCCN)C(N)=O. The van der Waals surface area contributed by atoms with Crippen LogP contribution in [0, 0.1) is 0 Å². The molecule has 5 amide bonds. The van der Waals surface area contributed by atoms with E-state index < -0.39 is 24.0 Å². The Bertz CT molecular complexity index is 923. The molecule has 0 aliphatic carbocycles. The summed E-state index contributed by atoms with van der Waals surface area (Å²) in [6, 6.07) is -2.09. The molecule has 0 aromatic rings. The van der Waals surface area contributed by atoms with Crippen LogP contribution in [0.4, 0.5) is 0 Å². The minimum absolute atomic E-state index is 0.135. The molecule has 13 heteroatoms. The number of unbranched alkanes of at least 4 members (excludes halogenated alkanes) is 15. The molecule has 3 atom stereocenters. The quantitative estimate of drug-likeness (QED) is 0.0443. The molecule has 0 fully saturated rings. The van der Waals surface area contributed by atoms with Crippen LogP contribution >= 0.6 is 0 Å². The summed E-state index contributed by atoms with van der Waals surface area (Å²) in [4.78, 5) is 63.2. The van der Waals surface area contributed by atoms with Gasteiger partial charge < -0.3 is 44.2 Å². The van der Waals surface area contributed by atoms with Gasteiger partial charge in [-0.2, -0.15) is 0 Å². The zero-order chi connectivity index (χ0) is 38.0. The van der Waals surface area contributed by atoms with E-state index in [0.29, 0.717) is 77.5 Å². The van der Waals surface area contributed by atoms with Crippen LogP contribution in [-0.4, -0.2) is 73.8 Å². The first kappa shape index (κ1) is 48.2. The number of carbonyl (C=O) groups is 5. The van der Waals surface area contributed by atoms with Gasteiger partial charge in [0.1, 0.15) is 18.1 Å². The predicted molar refractivity (Wildman–Crippen MR) is 206 cm³/mol. The summed E-state index contributed by atoms with van der Waals surface area (Å²) >= 11 is 0. The number of amides is 5. The number of nitrogens with one attached hydrogen (secondary N) is 4. The maximum Gasteiger partial charge on any atom is 0.243 e. The topological polar surface area (TPSA) is 238 Å². The van der Waals surface area contributed by atoms with Crippen molar-refractivity contribution in [1.82, 2.24) is 21.3 Å². The van der Waals surface area contributed by atoms with Gasteiger partial charge in [-0.15, -0.1) is 0 Å². The highest BCUT2D eigenvalue weighted by molar-refractivity contribution is 5.92. The zero-order valence-corrected chi connectivity index (χ0v) is 32.1. The lowest BCUT2D eigenvalue weighted by atomic mass is 10.0. The maximum absolute atomic E-state index is 13.4. The molecule has 12 N–H and O–H groups in total. The summed E-state index contributed by atoms with van der Waals surface area (Å²) in [5, 5.41) is 11.5. The van der Waals surface area contributed by atoms with Crippen molar-refractivity contribution in [3.8, 4) is 0 Å². The Labute approximate surface area is 309 Å². The number of rotatable bonds is 36. The van der Waals surface area contributed by atoms with Gasteiger partial charge in [0, 0.05) is 19.4 Å². The molecule has 0 heterocycles. The molecule has 0 bridgehead atoms. The Morgan fingerprint density at radius 2 is 0.843 bits per heavy atom. The molecule has 0 radical (unpaired) electrons. The van der Waals surface area contributed by atoms with E-state index in [2.05, 4.69) is 28.2 Å². The summed E-state index contributed by atoms with van der Waals surface area (Å²) in [7, 11) is 0. The molecular formula is C38H76N8O5. The van der Waals surface area contributed by atoms with Crippen LogP contribution in [0.15, 0.2) is 0 Å². The lowest BCUT2D eigenvalue weighted by molar-refractivity contribution is -0.132. The first-order valence-corrected chi connectivity index (χ1v) is 20.3. The van der Waals surface area contributed by atoms with Crippen molar-refractivity contribution in [2.75, 3.05) is 26.2 Å². The Kier molecular flexibility index (Phi) is 32.5. The van der Waals surface area contributed by atoms with E-state index in [0.717, 1.165) is 70.6 Å². The molecule has 298 valence electrons. The lowest BCUT2D eigenvalue weighted by Crippen LogP contribution is -2.53. The van der Waals surface area contributed by atoms with Gasteiger partial charge in [0.2, 0.25) is 29.5 Å². The Morgan fingerprint density at radius 3 is 1.29 bits per heavy atom. The largest absolute Gasteiger partial charge is 0.368 e. The van der Waals surface area contributed by atoms with Gasteiger partial charge in [-0.05, 0) is 96.7 Å². The van der Waals surface area contributed by atoms with E-state index in [9.17, 15) is 24.0 Å². The van der Waals surface area contributed by atoms with Crippen molar-refractivity contribution in [1.29, 1.82) is 0 Å². The molecule has 0 aliphatic heterocycles. The van der Waals surface area contributed by atoms with Crippen LogP contribution < -0.4 is 44.2 Å². The molecule has 0 saturated heterocycles. The van der Waals surface area contributed by atoms with Crippen LogP contribution in [0.5, 0.6) is 0 Å². The van der Waals surface area contributed by atoms with Crippen LogP contribution in [0.1, 0.15) is 167 Å². The van der Waals surface area contributed by atoms with E-state index in [-0.39, 0.29) is 23.6 Å². The minimum Gasteiger partial charge on any atom is -0.368 e. The smallest absolute Gasteiger partial charge is 0.243 e. The normalized spacial score (nSPS) is 12.9. The Hall–Kier alpha value is -2.77. The van der Waals surface area contributed by atoms with Crippen molar-refractivity contribution < 1.29 is 24.0 Å². The van der Waals surface area contributed by atoms with Crippen molar-refractivity contribution in [2.24, 2.45) is 22.9 Å². The molecule has 0 aliphatic rings. The van der Waals surface area contributed by atoms with Gasteiger partial charge in [0.25, 0.3) is 0 Å². The summed E-state index contributed by atoms with van der Waals surface area (Å²) in [5.74, 6) is -1.43. The third kappa shape index (κ3) is 28.5. The second-order valence-corrected chi connectivity index (χ2v) is 13.9. The fourth-order valence-electron chi connectivity index (χ4n) is 5.98. The van der Waals surface area contributed by atoms with Gasteiger partial charge in [-0.25, -0.2) is 0 Å². The molecule has 0 saturated carbocycles. The van der Waals surface area contributed by atoms with E-state index in [1.165, 1.54) is 38.5 Å². The van der Waals surface area contributed by atoms with E-state index in [4.69, 9.17) is 22.9 Å². The highest BCUT2D eigenvalue weighted by atomic mass is 16.2. The van der Waals surface area contributed by atoms with Crippen molar-refractivity contribution in [2.45, 2.75) is 186 Å². The van der Waals surface area contributed by atoms with Gasteiger partial charge in [-0.1, -0.05) is 77.6 Å². The minimum atomic E-state index is -0.715. The van der Waals surface area contributed by atoms with Crippen LogP contribution in [0.2, 0.25) is 0 Å². The highest BCUT2D eigenvalue weighted by Gasteiger charge is 2.26. The first-order valence-electron chi connectivity index (χ1n) is 20.3. The van der Waals surface area contributed by atoms with Crippen LogP contribution in [0.3, 0.4) is 0 Å². The third-order valence-corrected chi connectivity index (χ3v) is 9.19. The molecule has 13 nitrogen and oxygen atoms in total. The second-order valence-electron chi connectivity index (χ2n) is 13.9. The number of hydrogen-bond donors (Lipinski definition) is 8. The first-order chi connectivity index (χ1) is 24.7. The fourth-order valence-corrected chi connectivity index (χ4v) is 5.98. The maximum atomic E-state index is 13.4. The predicted octanol–water partition coefficient (Wildman–Crippen LogP) is 3.69. The molecule has 0 aromatic heterocycles. The molecule has 51 heavy (non-hydrogen) atoms. The highest BCUT2D eigenvalue weighted by Crippen LogP contribution is 2.12. The Morgan fingerprint density at radius 1 is 0.451 bits per heavy atom. The second kappa shape index (κ2) is 34.3. The number of carbonyl (C=O) groups excluding carboxylic acids is 5. The van der Waals surface area contributed by atoms with Crippen LogP contribution in [0.25, 0.3) is 0 Å². The van der Waals surface area contributed by atoms with Gasteiger partial charge >= 0.3 is 0 Å². The molecule has 0 spiro atoms. The summed E-state index contributed by atoms with van der Waals surface area (Å²) in [5.41, 5.74) is 22.3. The van der Waals surface area contributed by atoms with Crippen molar-refractivity contribution in [3.63, 3.8) is 0 Å². The van der Waals surface area contributed by atoms with Gasteiger partial charge in [0.15, 0.2) is 0 Å². The fraction of sp³-hybridized carbons (Fsp3) is 0.868. The van der Waals surface area contributed by atoms with Crippen molar-refractivity contribution in [3.05, 3.63) is 0 Å². The average molecular weight is 725 g/mol. The molecular weight excluding hydrogens is 648 g/mol. The third-order valence-electron chi connectivity index (χ3n) is 9.19. The van der Waals surface area contributed by atoms with E-state index in [1.807, 2.05) is 0 Å². The van der Waals surface area contributed by atoms with E-state index in [1.54, 1.807) is 0 Å². The monoisotopic (exact) mass is 725 g/mol. The van der Waals surface area contributed by atoms with Gasteiger partial charge in [-0.3, -0.25) is 24.0 Å². The Balaban J connectivity index is 4.69. The molecule has 0 aromatic carbocycles. The standard InChI is InChI=1S/C38H76N8O5/c1-2-3-4-5-6-7-8-10-13-26-35(48)45-33(24-17-20-29-41)38(51)46-32(23-16-19-28-40)37(50)43-30-21-12-9-11-14-25-34(47)44-31(36(42)49)22-15-18-27-39/h31-33H,2-30,39-41H2,1H3,(H2,42,49)(H,43,50)(H,44,47)(H,45,48)(H,46,51). The molecule has 0 rings (SSSR count). The summed E-state index contributed by atoms with van der Waals surface area (Å²) in [6.45, 7) is 4.23. The number of primary amides is 1. The number of hydrogen-bond acceptors (Lipinski definition) is 8. The van der Waals surface area contributed by atoms with Crippen molar-refractivity contribution >= 4 is 29.5 Å². The van der Waals surface area contributed by atoms with Gasteiger partial charge in [0.05, 0.1) is 0 Å². The summed E-state index contributed by atoms with van der Waals surface area (Å²) in [6.07, 6.45) is 21.1. The van der Waals surface area contributed by atoms with E-state index >= 15 is 0 Å². The summed E-state index contributed by atoms with van der Waals surface area (Å²) < 4.78 is 0. The lowest BCUT2D eigenvalue weighted by Gasteiger charge is -2.23. The van der Waals surface area contributed by atoms with Crippen LogP contribution in [-0.2, 0) is 24.0 Å². The average Bonchev–Trinajstić information content (AvgIpc) is 3.10. The molecule has 3 unspecified atom stereocenters. The number of nitrogens with two attached hydrogens (primary N) is 4.